The summed E-state index contributed by atoms with van der Waals surface area (Å²) in [4.78, 5) is 32.5. The van der Waals surface area contributed by atoms with E-state index in [2.05, 4.69) is 41.8 Å². The molecule has 0 spiro atoms. The molecule has 0 aliphatic heterocycles. The highest BCUT2D eigenvalue weighted by Gasteiger charge is 2.13. The number of hydrogen-bond donors (Lipinski definition) is 0. The fraction of sp³-hybridized carbons (Fsp3) is 0. The zero-order chi connectivity index (χ0) is 19.4. The van der Waals surface area contributed by atoms with E-state index in [1.165, 1.54) is 6.08 Å². The van der Waals surface area contributed by atoms with Crippen molar-refractivity contribution in [3.63, 3.8) is 0 Å². The van der Waals surface area contributed by atoms with E-state index in [0.717, 1.165) is 8.95 Å². The quantitative estimate of drug-likeness (QED) is 0.486. The predicted molar refractivity (Wildman–Crippen MR) is 115 cm³/mol. The number of allylic oxidation sites excluding steroid dienone is 4. The van der Waals surface area contributed by atoms with Crippen LogP contribution in [0.5, 0.6) is 0 Å². The molecule has 0 bridgehead atoms. The Morgan fingerprint density at radius 3 is 1.70 bits per heavy atom. The fourth-order valence-electron chi connectivity index (χ4n) is 2.20. The summed E-state index contributed by atoms with van der Waals surface area (Å²) in [6.07, 6.45) is 4.66. The second-order valence-electron chi connectivity index (χ2n) is 5.48. The van der Waals surface area contributed by atoms with Gasteiger partial charge in [0.2, 0.25) is 0 Å². The smallest absolute Gasteiger partial charge is 0.267 e. The first-order valence-electron chi connectivity index (χ1n) is 7.75. The van der Waals surface area contributed by atoms with E-state index in [9.17, 15) is 9.59 Å². The Morgan fingerprint density at radius 2 is 1.22 bits per heavy atom. The third-order valence-corrected chi connectivity index (χ3v) is 4.93. The highest BCUT2D eigenvalue weighted by molar-refractivity contribution is 9.10. The van der Waals surface area contributed by atoms with Crippen LogP contribution in [0.25, 0.3) is 0 Å². The van der Waals surface area contributed by atoms with Crippen LogP contribution in [0.2, 0.25) is 0 Å². The summed E-state index contributed by atoms with van der Waals surface area (Å²) in [5, 5.41) is 0.241. The van der Waals surface area contributed by atoms with Crippen molar-refractivity contribution in [2.75, 3.05) is 0 Å². The highest BCUT2D eigenvalue weighted by atomic mass is 79.9. The molecule has 0 fully saturated rings. The van der Waals surface area contributed by atoms with E-state index in [4.69, 9.17) is 11.6 Å². The Kier molecular flexibility index (Phi) is 6.31. The fourth-order valence-corrected chi connectivity index (χ4v) is 2.94. The number of rotatable bonds is 2. The summed E-state index contributed by atoms with van der Waals surface area (Å²) in [5.74, 6) is -0.783. The van der Waals surface area contributed by atoms with Gasteiger partial charge in [-0.05, 0) is 66.8 Å². The Hall–Kier alpha value is -2.15. The van der Waals surface area contributed by atoms with Crippen LogP contribution in [0.3, 0.4) is 0 Å². The number of aliphatic imine (C=N–C) groups is 2. The second-order valence-corrected chi connectivity index (χ2v) is 7.72. The maximum Gasteiger partial charge on any atom is 0.277 e. The molecule has 2 aromatic carbocycles. The van der Waals surface area contributed by atoms with Gasteiger partial charge in [0.05, 0.1) is 16.5 Å². The van der Waals surface area contributed by atoms with Crippen LogP contribution < -0.4 is 0 Å². The monoisotopic (exact) mass is 504 g/mol. The molecule has 4 nitrogen and oxygen atoms in total. The maximum absolute atomic E-state index is 12.2. The van der Waals surface area contributed by atoms with Gasteiger partial charge >= 0.3 is 0 Å². The summed E-state index contributed by atoms with van der Waals surface area (Å²) >= 11 is 12.8. The van der Waals surface area contributed by atoms with Gasteiger partial charge in [-0.3, -0.25) is 9.59 Å². The lowest BCUT2D eigenvalue weighted by Gasteiger charge is -2.06. The van der Waals surface area contributed by atoms with E-state index in [1.54, 1.807) is 60.7 Å². The molecule has 7 heteroatoms. The molecule has 0 aromatic heterocycles. The predicted octanol–water partition coefficient (Wildman–Crippen LogP) is 5.77. The van der Waals surface area contributed by atoms with Crippen molar-refractivity contribution in [1.82, 2.24) is 0 Å². The summed E-state index contributed by atoms with van der Waals surface area (Å²) in [7, 11) is 0. The Bertz CT molecular complexity index is 1020. The summed E-state index contributed by atoms with van der Waals surface area (Å²) in [5.41, 5.74) is 1.63. The molecule has 3 rings (SSSR count). The molecule has 0 radical (unpaired) electrons. The van der Waals surface area contributed by atoms with Crippen LogP contribution in [-0.2, 0) is 0 Å². The van der Waals surface area contributed by atoms with Crippen molar-refractivity contribution in [3.8, 4) is 0 Å². The number of benzene rings is 2. The van der Waals surface area contributed by atoms with Gasteiger partial charge in [0, 0.05) is 20.1 Å². The van der Waals surface area contributed by atoms with E-state index in [0.29, 0.717) is 22.6 Å². The van der Waals surface area contributed by atoms with Gasteiger partial charge < -0.3 is 0 Å². The van der Waals surface area contributed by atoms with Crippen LogP contribution >= 0.6 is 43.5 Å². The normalized spacial score (nSPS) is 16.5. The maximum atomic E-state index is 12.2. The van der Waals surface area contributed by atoms with Crippen LogP contribution in [0.15, 0.2) is 90.7 Å². The minimum Gasteiger partial charge on any atom is -0.267 e. The van der Waals surface area contributed by atoms with E-state index >= 15 is 0 Å². The Balaban J connectivity index is 1.77. The average Bonchev–Trinajstić information content (AvgIpc) is 2.65. The van der Waals surface area contributed by atoms with Gasteiger partial charge in [-0.1, -0.05) is 43.5 Å². The van der Waals surface area contributed by atoms with Gasteiger partial charge in [-0.25, -0.2) is 9.98 Å². The number of carbonyl (C=O) groups is 2. The molecule has 27 heavy (non-hydrogen) atoms. The van der Waals surface area contributed by atoms with E-state index < -0.39 is 5.91 Å². The molecule has 0 atom stereocenters. The van der Waals surface area contributed by atoms with Crippen molar-refractivity contribution < 1.29 is 9.59 Å². The molecular weight excluding hydrogens is 495 g/mol. The SMILES string of the molecule is O=C(N=C1C=CC(=NC(=O)c2ccc(Br)cc2)C(Cl)=C1)c1ccc(Br)cc1. The van der Waals surface area contributed by atoms with Crippen LogP contribution in [0, 0.1) is 0 Å². The lowest BCUT2D eigenvalue weighted by Crippen LogP contribution is -2.09. The van der Waals surface area contributed by atoms with Crippen molar-refractivity contribution in [2.24, 2.45) is 9.98 Å². The number of hydrogen-bond acceptors (Lipinski definition) is 2. The first-order valence-corrected chi connectivity index (χ1v) is 9.71. The number of nitrogens with zero attached hydrogens (tertiary/aromatic N) is 2. The molecule has 1 aliphatic carbocycles. The molecule has 134 valence electrons. The zero-order valence-corrected chi connectivity index (χ0v) is 17.6. The summed E-state index contributed by atoms with van der Waals surface area (Å²) < 4.78 is 1.75. The molecule has 0 unspecified atom stereocenters. The third kappa shape index (κ3) is 5.19. The van der Waals surface area contributed by atoms with Crippen molar-refractivity contribution >= 4 is 66.7 Å². The van der Waals surface area contributed by atoms with Crippen molar-refractivity contribution in [1.29, 1.82) is 0 Å². The average molecular weight is 507 g/mol. The first kappa shape index (κ1) is 19.6. The summed E-state index contributed by atoms with van der Waals surface area (Å²) in [6.45, 7) is 0. The standard InChI is InChI=1S/C20H11Br2ClN2O2/c21-14-5-1-12(2-6-14)19(26)24-16-9-10-18(17(23)11-16)25-20(27)13-3-7-15(22)8-4-13/h1-11H. The molecule has 2 aromatic rings. The van der Waals surface area contributed by atoms with Crippen LogP contribution in [0.1, 0.15) is 20.7 Å². The molecule has 0 saturated heterocycles. The number of carbonyl (C=O) groups excluding carboxylic acids is 2. The molecular formula is C20H11Br2ClN2O2. The molecule has 0 saturated carbocycles. The number of halogens is 3. The van der Waals surface area contributed by atoms with Crippen molar-refractivity contribution in [2.45, 2.75) is 0 Å². The van der Waals surface area contributed by atoms with E-state index in [1.807, 2.05) is 0 Å². The molecule has 0 N–H and O–H groups in total. The first-order chi connectivity index (χ1) is 12.9. The molecule has 1 aliphatic rings. The number of amides is 2. The van der Waals surface area contributed by atoms with Gasteiger partial charge in [-0.2, -0.15) is 0 Å². The van der Waals surface area contributed by atoms with Crippen LogP contribution in [0.4, 0.5) is 0 Å². The van der Waals surface area contributed by atoms with Crippen LogP contribution in [-0.4, -0.2) is 23.2 Å². The summed E-state index contributed by atoms with van der Waals surface area (Å²) in [6, 6.07) is 13.8. The van der Waals surface area contributed by atoms with Gasteiger partial charge in [-0.15, -0.1) is 0 Å². The molecule has 0 heterocycles. The van der Waals surface area contributed by atoms with Crippen molar-refractivity contribution in [3.05, 3.63) is 91.9 Å². The Morgan fingerprint density at radius 1 is 0.741 bits per heavy atom. The third-order valence-electron chi connectivity index (χ3n) is 3.57. The van der Waals surface area contributed by atoms with Gasteiger partial charge in [0.25, 0.3) is 11.8 Å². The Labute approximate surface area is 177 Å². The largest absolute Gasteiger partial charge is 0.277 e. The van der Waals surface area contributed by atoms with Gasteiger partial charge in [0.1, 0.15) is 0 Å². The minimum atomic E-state index is -0.403. The highest BCUT2D eigenvalue weighted by Crippen LogP contribution is 2.16. The lowest BCUT2D eigenvalue weighted by molar-refractivity contribution is 0.0994. The lowest BCUT2D eigenvalue weighted by atomic mass is 10.1. The van der Waals surface area contributed by atoms with E-state index in [-0.39, 0.29) is 10.9 Å². The zero-order valence-electron chi connectivity index (χ0n) is 13.7. The second kappa shape index (κ2) is 8.69. The topological polar surface area (TPSA) is 58.9 Å². The molecule has 2 amide bonds. The van der Waals surface area contributed by atoms with Gasteiger partial charge in [0.15, 0.2) is 0 Å². The minimum absolute atomic E-state index is 0.241.